The van der Waals surface area contributed by atoms with E-state index in [1.165, 1.54) is 10.9 Å². The Morgan fingerprint density at radius 2 is 2.10 bits per heavy atom. The second-order valence-electron chi connectivity index (χ2n) is 4.45. The zero-order valence-electron chi connectivity index (χ0n) is 11.2. The largest absolute Gasteiger partial charge is 0.364 e. The maximum atomic E-state index is 4.29. The van der Waals surface area contributed by atoms with Crippen LogP contribution in [-0.2, 0) is 0 Å². The van der Waals surface area contributed by atoms with E-state index in [2.05, 4.69) is 52.4 Å². The highest BCUT2D eigenvalue weighted by Crippen LogP contribution is 2.22. The highest BCUT2D eigenvalue weighted by atomic mass is 32.1. The number of aromatic nitrogens is 3. The van der Waals surface area contributed by atoms with Crippen molar-refractivity contribution in [2.75, 3.05) is 0 Å². The van der Waals surface area contributed by atoms with Gasteiger partial charge in [-0.15, -0.1) is 11.3 Å². The van der Waals surface area contributed by atoms with Crippen molar-refractivity contribution in [2.24, 2.45) is 0 Å². The van der Waals surface area contributed by atoms with Gasteiger partial charge in [0.05, 0.1) is 23.1 Å². The first-order chi connectivity index (χ1) is 9.76. The van der Waals surface area contributed by atoms with Crippen LogP contribution >= 0.6 is 11.3 Å². The summed E-state index contributed by atoms with van der Waals surface area (Å²) in [5.41, 5.74) is 3.13. The van der Waals surface area contributed by atoms with Crippen molar-refractivity contribution in [1.29, 1.82) is 0 Å². The third-order valence-electron chi connectivity index (χ3n) is 3.32. The van der Waals surface area contributed by atoms with Gasteiger partial charge in [-0.1, -0.05) is 25.3 Å². The Bertz CT molecular complexity index is 818. The Balaban J connectivity index is 2.37. The third kappa shape index (κ3) is 1.85. The average molecular weight is 280 g/mol. The second kappa shape index (κ2) is 4.98. The van der Waals surface area contributed by atoms with Crippen LogP contribution in [0.3, 0.4) is 0 Å². The summed E-state index contributed by atoms with van der Waals surface area (Å²) in [7, 11) is 0. The number of nitrogens with zero attached hydrogens (tertiary/aromatic N) is 3. The van der Waals surface area contributed by atoms with Crippen LogP contribution in [0.5, 0.6) is 0 Å². The van der Waals surface area contributed by atoms with Crippen molar-refractivity contribution in [2.45, 2.75) is 6.92 Å². The summed E-state index contributed by atoms with van der Waals surface area (Å²) in [5, 5.41) is 11.7. The standard InChI is InChI=1S/C16H14N3S/c1-4-12-10-17-18-15(13(12)5-2)19-8-6-11(3)14-7-9-20-16(14)19/h4-10H,1-2H2,3H3/q+1. The number of thiophene rings is 1. The molecule has 0 spiro atoms. The summed E-state index contributed by atoms with van der Waals surface area (Å²) >= 11 is 1.69. The van der Waals surface area contributed by atoms with E-state index >= 15 is 0 Å². The molecule has 0 aliphatic rings. The fourth-order valence-corrected chi connectivity index (χ4v) is 3.20. The molecule has 3 aromatic rings. The summed E-state index contributed by atoms with van der Waals surface area (Å²) < 4.78 is 2.06. The van der Waals surface area contributed by atoms with Crippen LogP contribution in [0.1, 0.15) is 16.7 Å². The smallest absolute Gasteiger partial charge is 0.184 e. The molecule has 0 fully saturated rings. The normalized spacial score (nSPS) is 10.7. The molecule has 0 atom stereocenters. The monoisotopic (exact) mass is 280 g/mol. The molecule has 0 aliphatic carbocycles. The molecule has 98 valence electrons. The molecule has 0 unspecified atom stereocenters. The van der Waals surface area contributed by atoms with Gasteiger partial charge in [-0.2, -0.15) is 4.57 Å². The fraction of sp³-hybridized carbons (Fsp3) is 0.0625. The Morgan fingerprint density at radius 1 is 1.25 bits per heavy atom. The van der Waals surface area contributed by atoms with Crippen LogP contribution in [0.4, 0.5) is 0 Å². The van der Waals surface area contributed by atoms with Gasteiger partial charge in [0.25, 0.3) is 0 Å². The molecule has 20 heavy (non-hydrogen) atoms. The van der Waals surface area contributed by atoms with Crippen molar-refractivity contribution in [3.05, 3.63) is 59.8 Å². The molecule has 0 aliphatic heterocycles. The van der Waals surface area contributed by atoms with Crippen LogP contribution in [0.2, 0.25) is 0 Å². The highest BCUT2D eigenvalue weighted by Gasteiger charge is 2.20. The number of hydrogen-bond acceptors (Lipinski definition) is 3. The molecule has 0 saturated heterocycles. The lowest BCUT2D eigenvalue weighted by atomic mass is 10.1. The van der Waals surface area contributed by atoms with E-state index in [0.29, 0.717) is 0 Å². The van der Waals surface area contributed by atoms with Gasteiger partial charge in [0.1, 0.15) is 0 Å². The molecule has 0 radical (unpaired) electrons. The van der Waals surface area contributed by atoms with Crippen molar-refractivity contribution >= 4 is 33.7 Å². The minimum Gasteiger partial charge on any atom is -0.184 e. The van der Waals surface area contributed by atoms with E-state index in [-0.39, 0.29) is 0 Å². The van der Waals surface area contributed by atoms with Crippen molar-refractivity contribution < 1.29 is 4.57 Å². The van der Waals surface area contributed by atoms with Gasteiger partial charge < -0.3 is 0 Å². The SMILES string of the molecule is C=Cc1cnnc(-[n+]2ccc(C)c3ccsc32)c1C=C. The maximum absolute atomic E-state index is 4.29. The fourth-order valence-electron chi connectivity index (χ4n) is 2.25. The molecular weight excluding hydrogens is 266 g/mol. The summed E-state index contributed by atoms with van der Waals surface area (Å²) in [6.45, 7) is 9.81. The number of hydrogen-bond donors (Lipinski definition) is 0. The van der Waals surface area contributed by atoms with Gasteiger partial charge in [0.2, 0.25) is 0 Å². The molecule has 0 N–H and O–H groups in total. The van der Waals surface area contributed by atoms with E-state index in [1.807, 2.05) is 6.20 Å². The van der Waals surface area contributed by atoms with Crippen molar-refractivity contribution in [3.63, 3.8) is 0 Å². The van der Waals surface area contributed by atoms with E-state index in [0.717, 1.165) is 21.8 Å². The van der Waals surface area contributed by atoms with Gasteiger partial charge in [0.15, 0.2) is 4.83 Å². The maximum Gasteiger partial charge on any atom is 0.364 e. The van der Waals surface area contributed by atoms with Crippen molar-refractivity contribution in [3.8, 4) is 5.82 Å². The topological polar surface area (TPSA) is 29.7 Å². The molecule has 3 heterocycles. The third-order valence-corrected chi connectivity index (χ3v) is 4.23. The predicted octanol–water partition coefficient (Wildman–Crippen LogP) is 3.56. The lowest BCUT2D eigenvalue weighted by molar-refractivity contribution is -0.569. The van der Waals surface area contributed by atoms with Gasteiger partial charge in [0, 0.05) is 10.9 Å². The Kier molecular flexibility index (Phi) is 3.16. The first-order valence-electron chi connectivity index (χ1n) is 6.25. The van der Waals surface area contributed by atoms with E-state index in [1.54, 1.807) is 29.7 Å². The summed E-state index contributed by atoms with van der Waals surface area (Å²) in [5.74, 6) is 0.782. The minimum absolute atomic E-state index is 0.782. The molecular formula is C16H14N3S+. The summed E-state index contributed by atoms with van der Waals surface area (Å²) in [4.78, 5) is 1.16. The quantitative estimate of drug-likeness (QED) is 0.687. The lowest BCUT2D eigenvalue weighted by Gasteiger charge is -2.04. The molecule has 3 nitrogen and oxygen atoms in total. The van der Waals surface area contributed by atoms with E-state index in [9.17, 15) is 0 Å². The Morgan fingerprint density at radius 3 is 2.85 bits per heavy atom. The van der Waals surface area contributed by atoms with Gasteiger partial charge in [-0.25, -0.2) is 0 Å². The van der Waals surface area contributed by atoms with Crippen LogP contribution in [-0.4, -0.2) is 10.2 Å². The van der Waals surface area contributed by atoms with Crippen LogP contribution in [0, 0.1) is 6.92 Å². The molecule has 3 aromatic heterocycles. The number of rotatable bonds is 3. The van der Waals surface area contributed by atoms with Gasteiger partial charge in [-0.05, 0) is 35.1 Å². The molecule has 0 saturated carbocycles. The first-order valence-corrected chi connectivity index (χ1v) is 7.13. The number of pyridine rings is 1. The first kappa shape index (κ1) is 12.7. The predicted molar refractivity (Wildman–Crippen MR) is 83.9 cm³/mol. The molecule has 0 amide bonds. The summed E-state index contributed by atoms with van der Waals surface area (Å²) in [6.07, 6.45) is 7.30. The molecule has 0 aromatic carbocycles. The summed E-state index contributed by atoms with van der Waals surface area (Å²) in [6, 6.07) is 4.22. The Labute approximate surface area is 121 Å². The minimum atomic E-state index is 0.782. The van der Waals surface area contributed by atoms with Crippen molar-refractivity contribution in [1.82, 2.24) is 10.2 Å². The van der Waals surface area contributed by atoms with Crippen LogP contribution in [0.15, 0.2) is 43.1 Å². The lowest BCUT2D eigenvalue weighted by Crippen LogP contribution is -2.33. The molecule has 3 rings (SSSR count). The molecule has 0 bridgehead atoms. The zero-order valence-corrected chi connectivity index (χ0v) is 12.0. The van der Waals surface area contributed by atoms with Gasteiger partial charge in [-0.3, -0.25) is 0 Å². The van der Waals surface area contributed by atoms with Gasteiger partial charge >= 0.3 is 5.82 Å². The Hall–Kier alpha value is -2.33. The zero-order chi connectivity index (χ0) is 14.1. The highest BCUT2D eigenvalue weighted by molar-refractivity contribution is 7.16. The average Bonchev–Trinajstić information content (AvgIpc) is 2.97. The van der Waals surface area contributed by atoms with E-state index < -0.39 is 0 Å². The van der Waals surface area contributed by atoms with Crippen LogP contribution in [0.25, 0.3) is 28.2 Å². The van der Waals surface area contributed by atoms with E-state index in [4.69, 9.17) is 0 Å². The second-order valence-corrected chi connectivity index (χ2v) is 5.35. The number of fused-ring (bicyclic) bond motifs is 1. The molecule has 4 heteroatoms. The van der Waals surface area contributed by atoms with Crippen LogP contribution < -0.4 is 4.57 Å². The number of aryl methyl sites for hydroxylation is 1.